The van der Waals surface area contributed by atoms with Gasteiger partial charge in [0.1, 0.15) is 0 Å². The number of carbonyl (C=O) groups is 5. The minimum Gasteiger partial charge on any atom is -0.452 e. The molecule has 8 nitrogen and oxygen atoms in total. The van der Waals surface area contributed by atoms with Crippen LogP contribution in [0.3, 0.4) is 0 Å². The Morgan fingerprint density at radius 3 is 2.42 bits per heavy atom. The highest BCUT2D eigenvalue weighted by molar-refractivity contribution is 6.13. The fourth-order valence-corrected chi connectivity index (χ4v) is 1.70. The summed E-state index contributed by atoms with van der Waals surface area (Å²) < 4.78 is 4.78. The van der Waals surface area contributed by atoms with E-state index in [1.807, 2.05) is 5.32 Å². The van der Waals surface area contributed by atoms with E-state index in [4.69, 9.17) is 4.74 Å². The predicted octanol–water partition coefficient (Wildman–Crippen LogP) is -1.74. The lowest BCUT2D eigenvalue weighted by molar-refractivity contribution is -0.154. The standard InChI is InChI=1S/C11H10N2O6/c14-7-5-6(11(18)12-7)19-10(17)3-4-13-8(15)1-2-9(13)16/h1-2,6H,3-5H2,(H,12,14,18). The second-order valence-corrected chi connectivity index (χ2v) is 4.01. The number of hydrogen-bond acceptors (Lipinski definition) is 6. The first-order valence-corrected chi connectivity index (χ1v) is 5.54. The van der Waals surface area contributed by atoms with Crippen LogP contribution in [-0.4, -0.2) is 47.1 Å². The normalized spacial score (nSPS) is 22.1. The molecule has 2 rings (SSSR count). The van der Waals surface area contributed by atoms with Crippen LogP contribution in [0.25, 0.3) is 0 Å². The lowest BCUT2D eigenvalue weighted by atomic mass is 10.3. The predicted molar refractivity (Wildman–Crippen MR) is 58.1 cm³/mol. The molecule has 0 aromatic carbocycles. The molecule has 1 fully saturated rings. The van der Waals surface area contributed by atoms with Crippen molar-refractivity contribution in [3.05, 3.63) is 12.2 Å². The molecule has 4 amide bonds. The summed E-state index contributed by atoms with van der Waals surface area (Å²) in [5.41, 5.74) is 0. The molecular weight excluding hydrogens is 256 g/mol. The lowest BCUT2D eigenvalue weighted by Gasteiger charge is -2.14. The number of amides is 4. The van der Waals surface area contributed by atoms with Gasteiger partial charge < -0.3 is 4.74 Å². The van der Waals surface area contributed by atoms with E-state index < -0.39 is 35.7 Å². The molecule has 1 atom stereocenters. The van der Waals surface area contributed by atoms with Gasteiger partial charge in [0.15, 0.2) is 6.10 Å². The maximum atomic E-state index is 11.4. The second-order valence-electron chi connectivity index (χ2n) is 4.01. The number of nitrogens with one attached hydrogen (secondary N) is 1. The maximum Gasteiger partial charge on any atom is 0.308 e. The van der Waals surface area contributed by atoms with Crippen molar-refractivity contribution in [3.63, 3.8) is 0 Å². The third kappa shape index (κ3) is 2.84. The van der Waals surface area contributed by atoms with Gasteiger partial charge in [-0.1, -0.05) is 0 Å². The van der Waals surface area contributed by atoms with Gasteiger partial charge in [0.05, 0.1) is 12.8 Å². The van der Waals surface area contributed by atoms with E-state index in [0.717, 1.165) is 17.1 Å². The van der Waals surface area contributed by atoms with Crippen LogP contribution in [0.4, 0.5) is 0 Å². The Morgan fingerprint density at radius 1 is 1.26 bits per heavy atom. The second kappa shape index (κ2) is 5.01. The Kier molecular flexibility index (Phi) is 3.41. The van der Waals surface area contributed by atoms with Gasteiger partial charge in [-0.25, -0.2) is 0 Å². The molecule has 100 valence electrons. The zero-order valence-corrected chi connectivity index (χ0v) is 9.75. The zero-order valence-electron chi connectivity index (χ0n) is 9.75. The topological polar surface area (TPSA) is 110 Å². The molecule has 0 saturated carbocycles. The summed E-state index contributed by atoms with van der Waals surface area (Å²) in [7, 11) is 0. The van der Waals surface area contributed by atoms with E-state index in [-0.39, 0.29) is 19.4 Å². The zero-order chi connectivity index (χ0) is 14.0. The summed E-state index contributed by atoms with van der Waals surface area (Å²) >= 11 is 0. The summed E-state index contributed by atoms with van der Waals surface area (Å²) in [4.78, 5) is 56.7. The molecular formula is C11H10N2O6. The van der Waals surface area contributed by atoms with Crippen molar-refractivity contribution in [1.29, 1.82) is 0 Å². The maximum absolute atomic E-state index is 11.4. The summed E-state index contributed by atoms with van der Waals surface area (Å²) in [6.07, 6.45) is 0.668. The average molecular weight is 266 g/mol. The first-order chi connectivity index (χ1) is 8.97. The van der Waals surface area contributed by atoms with E-state index >= 15 is 0 Å². The number of hydrogen-bond donors (Lipinski definition) is 1. The van der Waals surface area contributed by atoms with E-state index in [9.17, 15) is 24.0 Å². The molecule has 1 N–H and O–H groups in total. The monoisotopic (exact) mass is 266 g/mol. The van der Waals surface area contributed by atoms with E-state index in [1.54, 1.807) is 0 Å². The minimum atomic E-state index is -1.12. The Morgan fingerprint density at radius 2 is 1.89 bits per heavy atom. The van der Waals surface area contributed by atoms with E-state index in [1.165, 1.54) is 0 Å². The van der Waals surface area contributed by atoms with Crippen molar-refractivity contribution in [1.82, 2.24) is 10.2 Å². The quantitative estimate of drug-likeness (QED) is 0.478. The van der Waals surface area contributed by atoms with Gasteiger partial charge in [-0.3, -0.25) is 34.2 Å². The number of rotatable bonds is 4. The highest BCUT2D eigenvalue weighted by atomic mass is 16.5. The smallest absolute Gasteiger partial charge is 0.308 e. The Bertz CT molecular complexity index is 491. The molecule has 2 aliphatic rings. The SMILES string of the molecule is O=C1CC(OC(=O)CCN2C(=O)C=CC2=O)C(=O)N1. The first kappa shape index (κ1) is 12.9. The van der Waals surface area contributed by atoms with Gasteiger partial charge >= 0.3 is 5.97 Å². The van der Waals surface area contributed by atoms with Crippen LogP contribution in [0.5, 0.6) is 0 Å². The number of nitrogens with zero attached hydrogens (tertiary/aromatic N) is 1. The fraction of sp³-hybridized carbons (Fsp3) is 0.364. The Balaban J connectivity index is 1.79. The van der Waals surface area contributed by atoms with Gasteiger partial charge in [0.2, 0.25) is 5.91 Å². The molecule has 2 aliphatic heterocycles. The van der Waals surface area contributed by atoms with Crippen molar-refractivity contribution < 1.29 is 28.7 Å². The lowest BCUT2D eigenvalue weighted by Crippen LogP contribution is -2.34. The number of imide groups is 2. The largest absolute Gasteiger partial charge is 0.452 e. The number of esters is 1. The summed E-state index contributed by atoms with van der Waals surface area (Å²) in [5.74, 6) is -2.90. The Hall–Kier alpha value is -2.51. The molecule has 19 heavy (non-hydrogen) atoms. The fourth-order valence-electron chi connectivity index (χ4n) is 1.70. The van der Waals surface area contributed by atoms with Crippen molar-refractivity contribution in [2.45, 2.75) is 18.9 Å². The summed E-state index contributed by atoms with van der Waals surface area (Å²) in [6.45, 7) is -0.119. The highest BCUT2D eigenvalue weighted by Crippen LogP contribution is 2.09. The van der Waals surface area contributed by atoms with Crippen molar-refractivity contribution in [3.8, 4) is 0 Å². The van der Waals surface area contributed by atoms with Crippen LogP contribution in [-0.2, 0) is 28.7 Å². The van der Waals surface area contributed by atoms with Gasteiger partial charge in [-0.2, -0.15) is 0 Å². The average Bonchev–Trinajstić information content (AvgIpc) is 2.81. The van der Waals surface area contributed by atoms with Crippen molar-refractivity contribution >= 4 is 29.6 Å². The molecule has 0 aliphatic carbocycles. The van der Waals surface area contributed by atoms with Crippen LogP contribution in [0, 0.1) is 0 Å². The van der Waals surface area contributed by atoms with Gasteiger partial charge in [-0.15, -0.1) is 0 Å². The molecule has 1 saturated heterocycles. The van der Waals surface area contributed by atoms with Gasteiger partial charge in [0.25, 0.3) is 17.7 Å². The van der Waals surface area contributed by atoms with E-state index in [0.29, 0.717) is 0 Å². The van der Waals surface area contributed by atoms with Crippen LogP contribution >= 0.6 is 0 Å². The molecule has 0 bridgehead atoms. The molecule has 0 aromatic heterocycles. The van der Waals surface area contributed by atoms with E-state index in [2.05, 4.69) is 0 Å². The van der Waals surface area contributed by atoms with Gasteiger partial charge in [0, 0.05) is 18.7 Å². The third-order valence-corrected chi connectivity index (χ3v) is 2.64. The molecule has 1 unspecified atom stereocenters. The minimum absolute atomic E-state index is 0.119. The van der Waals surface area contributed by atoms with Crippen molar-refractivity contribution in [2.24, 2.45) is 0 Å². The number of carbonyl (C=O) groups excluding carboxylic acids is 5. The molecule has 8 heteroatoms. The Labute approximate surface area is 107 Å². The van der Waals surface area contributed by atoms with Crippen LogP contribution in [0.15, 0.2) is 12.2 Å². The third-order valence-electron chi connectivity index (χ3n) is 2.64. The van der Waals surface area contributed by atoms with Crippen LogP contribution in [0.2, 0.25) is 0 Å². The number of ether oxygens (including phenoxy) is 1. The molecule has 0 radical (unpaired) electrons. The summed E-state index contributed by atoms with van der Waals surface area (Å²) in [6, 6.07) is 0. The van der Waals surface area contributed by atoms with Crippen LogP contribution < -0.4 is 5.32 Å². The highest BCUT2D eigenvalue weighted by Gasteiger charge is 2.34. The van der Waals surface area contributed by atoms with Crippen LogP contribution in [0.1, 0.15) is 12.8 Å². The van der Waals surface area contributed by atoms with Gasteiger partial charge in [-0.05, 0) is 0 Å². The molecule has 2 heterocycles. The molecule has 0 aromatic rings. The summed E-state index contributed by atoms with van der Waals surface area (Å²) in [5, 5.41) is 2.00. The first-order valence-electron chi connectivity index (χ1n) is 5.54. The molecule has 0 spiro atoms. The van der Waals surface area contributed by atoms with Crippen molar-refractivity contribution in [2.75, 3.05) is 6.54 Å².